The van der Waals surface area contributed by atoms with Crippen LogP contribution in [0, 0.1) is 0 Å². The number of thioether (sulfide) groups is 1. The highest BCUT2D eigenvalue weighted by atomic mass is 32.2. The fraction of sp³-hybridized carbons (Fsp3) is 0.375. The number of benzene rings is 1. The highest BCUT2D eigenvalue weighted by Crippen LogP contribution is 2.32. The molecule has 1 fully saturated rings. The van der Waals surface area contributed by atoms with Gasteiger partial charge in [-0.05, 0) is 38.1 Å². The Morgan fingerprint density at radius 2 is 2.14 bits per heavy atom. The Bertz CT molecular complexity index is 700. The number of nitrogens with zero attached hydrogens (tertiary/aromatic N) is 2. The van der Waals surface area contributed by atoms with Crippen molar-refractivity contribution in [1.82, 2.24) is 4.98 Å². The summed E-state index contributed by atoms with van der Waals surface area (Å²) in [5.74, 6) is 1.10. The minimum absolute atomic E-state index is 0.220. The largest absolute Gasteiger partial charge is 0.478 e. The van der Waals surface area contributed by atoms with Crippen molar-refractivity contribution < 1.29 is 9.90 Å². The lowest BCUT2D eigenvalue weighted by Crippen LogP contribution is -2.43. The van der Waals surface area contributed by atoms with E-state index in [1.165, 1.54) is 0 Å². The van der Waals surface area contributed by atoms with E-state index in [9.17, 15) is 9.90 Å². The zero-order valence-electron chi connectivity index (χ0n) is 12.2. The van der Waals surface area contributed by atoms with Crippen LogP contribution >= 0.6 is 11.8 Å². The fourth-order valence-corrected chi connectivity index (χ4v) is 3.83. The van der Waals surface area contributed by atoms with Gasteiger partial charge in [0.2, 0.25) is 0 Å². The smallest absolute Gasteiger partial charge is 0.336 e. The Balaban J connectivity index is 2.00. The van der Waals surface area contributed by atoms with Gasteiger partial charge in [-0.15, -0.1) is 0 Å². The van der Waals surface area contributed by atoms with E-state index in [4.69, 9.17) is 0 Å². The Morgan fingerprint density at radius 3 is 2.86 bits per heavy atom. The molecule has 0 saturated carbocycles. The molecule has 0 amide bonds. The number of carbonyl (C=O) groups is 1. The van der Waals surface area contributed by atoms with Crippen molar-refractivity contribution in [3.05, 3.63) is 35.9 Å². The normalized spacial score (nSPS) is 17.9. The van der Waals surface area contributed by atoms with Gasteiger partial charge in [-0.25, -0.2) is 9.78 Å². The highest BCUT2D eigenvalue weighted by molar-refractivity contribution is 8.00. The number of anilines is 1. The lowest BCUT2D eigenvalue weighted by atomic mass is 10.1. The lowest BCUT2D eigenvalue weighted by molar-refractivity contribution is 0.0699. The first-order valence-corrected chi connectivity index (χ1v) is 7.97. The average Bonchev–Trinajstić information content (AvgIpc) is 2.44. The van der Waals surface area contributed by atoms with E-state index in [1.807, 2.05) is 30.0 Å². The number of aromatic nitrogens is 1. The molecule has 21 heavy (non-hydrogen) atoms. The molecule has 1 saturated heterocycles. The summed E-state index contributed by atoms with van der Waals surface area (Å²) in [6.07, 6.45) is 0. The fourth-order valence-electron chi connectivity index (χ4n) is 2.72. The average molecular weight is 302 g/mol. The molecule has 0 atom stereocenters. The third-order valence-corrected chi connectivity index (χ3v) is 4.99. The van der Waals surface area contributed by atoms with Crippen LogP contribution in [0.5, 0.6) is 0 Å². The molecule has 2 aromatic rings. The molecule has 1 aromatic carbocycles. The van der Waals surface area contributed by atoms with Crippen LogP contribution in [0.3, 0.4) is 0 Å². The van der Waals surface area contributed by atoms with Crippen LogP contribution in [0.2, 0.25) is 0 Å². The molecule has 3 rings (SSSR count). The minimum atomic E-state index is -0.911. The Hall–Kier alpha value is -1.75. The summed E-state index contributed by atoms with van der Waals surface area (Å²) >= 11 is 1.98. The first-order chi connectivity index (χ1) is 9.96. The van der Waals surface area contributed by atoms with E-state index in [0.29, 0.717) is 10.9 Å². The highest BCUT2D eigenvalue weighted by Gasteiger charge is 2.27. The van der Waals surface area contributed by atoms with E-state index in [0.717, 1.165) is 30.2 Å². The van der Waals surface area contributed by atoms with Crippen molar-refractivity contribution in [2.75, 3.05) is 23.7 Å². The minimum Gasteiger partial charge on any atom is -0.478 e. The molecule has 0 unspecified atom stereocenters. The summed E-state index contributed by atoms with van der Waals surface area (Å²) in [6, 6.07) is 9.04. The number of rotatable bonds is 2. The van der Waals surface area contributed by atoms with Gasteiger partial charge in [-0.1, -0.05) is 6.07 Å². The quantitative estimate of drug-likeness (QED) is 0.922. The van der Waals surface area contributed by atoms with Crippen LogP contribution < -0.4 is 4.90 Å². The molecule has 0 spiro atoms. The number of hydrogen-bond donors (Lipinski definition) is 1. The van der Waals surface area contributed by atoms with Gasteiger partial charge in [0.15, 0.2) is 0 Å². The van der Waals surface area contributed by atoms with Gasteiger partial charge < -0.3 is 10.0 Å². The molecule has 0 radical (unpaired) electrons. The lowest BCUT2D eigenvalue weighted by Gasteiger charge is -2.38. The van der Waals surface area contributed by atoms with Crippen molar-refractivity contribution in [2.24, 2.45) is 0 Å². The Morgan fingerprint density at radius 1 is 1.33 bits per heavy atom. The van der Waals surface area contributed by atoms with Crippen LogP contribution in [-0.2, 0) is 0 Å². The van der Waals surface area contributed by atoms with E-state index in [1.54, 1.807) is 12.1 Å². The summed E-state index contributed by atoms with van der Waals surface area (Å²) in [4.78, 5) is 18.2. The SMILES string of the molecule is CC1(C)CN(c2ccc3c(C(=O)O)cccc3n2)CCS1. The summed E-state index contributed by atoms with van der Waals surface area (Å²) in [6.45, 7) is 6.42. The van der Waals surface area contributed by atoms with Crippen LogP contribution in [0.15, 0.2) is 30.3 Å². The number of carboxylic acids is 1. The molecule has 2 heterocycles. The first-order valence-electron chi connectivity index (χ1n) is 6.98. The van der Waals surface area contributed by atoms with Gasteiger partial charge in [0.25, 0.3) is 0 Å². The van der Waals surface area contributed by atoms with E-state index in [2.05, 4.69) is 23.7 Å². The molecule has 0 aliphatic carbocycles. The predicted octanol–water partition coefficient (Wildman–Crippen LogP) is 3.26. The van der Waals surface area contributed by atoms with Gasteiger partial charge in [0.05, 0.1) is 11.1 Å². The van der Waals surface area contributed by atoms with E-state index >= 15 is 0 Å². The van der Waals surface area contributed by atoms with Crippen molar-refractivity contribution in [3.8, 4) is 0 Å². The van der Waals surface area contributed by atoms with Crippen LogP contribution in [0.25, 0.3) is 10.9 Å². The molecular formula is C16H18N2O2S. The van der Waals surface area contributed by atoms with E-state index in [-0.39, 0.29) is 4.75 Å². The zero-order valence-corrected chi connectivity index (χ0v) is 13.0. The molecule has 1 aliphatic rings. The number of pyridine rings is 1. The number of carboxylic acid groups (broad SMARTS) is 1. The molecule has 1 aliphatic heterocycles. The maximum absolute atomic E-state index is 11.2. The van der Waals surface area contributed by atoms with Crippen molar-refractivity contribution in [2.45, 2.75) is 18.6 Å². The standard InChI is InChI=1S/C16H18N2O2S/c1-16(2)10-18(8-9-21-16)14-7-6-11-12(15(19)20)4-3-5-13(11)17-14/h3-7H,8-10H2,1-2H3,(H,19,20). The van der Waals surface area contributed by atoms with E-state index < -0.39 is 5.97 Å². The molecule has 4 nitrogen and oxygen atoms in total. The van der Waals surface area contributed by atoms with Gasteiger partial charge in [0.1, 0.15) is 5.82 Å². The molecular weight excluding hydrogens is 284 g/mol. The number of aromatic carboxylic acids is 1. The summed E-state index contributed by atoms with van der Waals surface area (Å²) in [7, 11) is 0. The third-order valence-electron chi connectivity index (χ3n) is 3.70. The van der Waals surface area contributed by atoms with Crippen LogP contribution in [0.1, 0.15) is 24.2 Å². The van der Waals surface area contributed by atoms with Crippen LogP contribution in [-0.4, -0.2) is 39.6 Å². The first kappa shape index (κ1) is 14.2. The molecule has 0 bridgehead atoms. The van der Waals surface area contributed by atoms with Crippen LogP contribution in [0.4, 0.5) is 5.82 Å². The van der Waals surface area contributed by atoms with Gasteiger partial charge in [-0.2, -0.15) is 11.8 Å². The second-order valence-electron chi connectivity index (χ2n) is 5.88. The van der Waals surface area contributed by atoms with Crippen molar-refractivity contribution in [3.63, 3.8) is 0 Å². The van der Waals surface area contributed by atoms with Gasteiger partial charge >= 0.3 is 5.97 Å². The topological polar surface area (TPSA) is 53.4 Å². The summed E-state index contributed by atoms with van der Waals surface area (Å²) < 4.78 is 0.220. The molecule has 110 valence electrons. The van der Waals surface area contributed by atoms with Crippen molar-refractivity contribution in [1.29, 1.82) is 0 Å². The number of hydrogen-bond acceptors (Lipinski definition) is 4. The van der Waals surface area contributed by atoms with Gasteiger partial charge in [0, 0.05) is 29.0 Å². The second-order valence-corrected chi connectivity index (χ2v) is 7.68. The molecule has 1 aromatic heterocycles. The number of fused-ring (bicyclic) bond motifs is 1. The zero-order chi connectivity index (χ0) is 15.0. The summed E-state index contributed by atoms with van der Waals surface area (Å²) in [5.41, 5.74) is 1.05. The Kier molecular flexibility index (Phi) is 3.53. The van der Waals surface area contributed by atoms with Gasteiger partial charge in [-0.3, -0.25) is 0 Å². The van der Waals surface area contributed by atoms with Crippen molar-refractivity contribution >= 4 is 34.5 Å². The predicted molar refractivity (Wildman–Crippen MR) is 87.5 cm³/mol. The summed E-state index contributed by atoms with van der Waals surface area (Å²) in [5, 5.41) is 9.92. The Labute approximate surface area is 128 Å². The maximum atomic E-state index is 11.2. The second kappa shape index (κ2) is 5.22. The monoisotopic (exact) mass is 302 g/mol. The molecule has 5 heteroatoms. The maximum Gasteiger partial charge on any atom is 0.336 e. The molecule has 1 N–H and O–H groups in total. The third kappa shape index (κ3) is 2.83.